The zero-order valence-corrected chi connectivity index (χ0v) is 12.3. The van der Waals surface area contributed by atoms with Crippen LogP contribution < -0.4 is 4.90 Å². The van der Waals surface area contributed by atoms with Crippen molar-refractivity contribution < 1.29 is 14.6 Å². The van der Waals surface area contributed by atoms with Crippen molar-refractivity contribution in [1.82, 2.24) is 4.90 Å². The lowest BCUT2D eigenvalue weighted by Gasteiger charge is -2.36. The second kappa shape index (κ2) is 6.81. The van der Waals surface area contributed by atoms with Crippen LogP contribution in [0, 0.1) is 0 Å². The summed E-state index contributed by atoms with van der Waals surface area (Å²) in [6.45, 7) is 4.72. The number of ether oxygens (including phenoxy) is 1. The van der Waals surface area contributed by atoms with E-state index < -0.39 is 0 Å². The molecular weight excluding hydrogens is 280 g/mol. The number of halogens is 1. The van der Waals surface area contributed by atoms with Gasteiger partial charge in [-0.05, 0) is 19.1 Å². The highest BCUT2D eigenvalue weighted by Gasteiger charge is 2.23. The predicted octanol–water partition coefficient (Wildman–Crippen LogP) is 2.11. The van der Waals surface area contributed by atoms with Crippen molar-refractivity contribution in [2.24, 2.45) is 0 Å². The maximum absolute atomic E-state index is 11.6. The summed E-state index contributed by atoms with van der Waals surface area (Å²) in [5, 5.41) is 10.0. The molecule has 1 aromatic carbocycles. The van der Waals surface area contributed by atoms with Gasteiger partial charge in [0.1, 0.15) is 0 Å². The smallest absolute Gasteiger partial charge is 0.409 e. The minimum absolute atomic E-state index is 0.0902. The maximum Gasteiger partial charge on any atom is 0.409 e. The van der Waals surface area contributed by atoms with Crippen molar-refractivity contribution in [1.29, 1.82) is 0 Å². The van der Waals surface area contributed by atoms with Crippen LogP contribution in [0.4, 0.5) is 10.5 Å². The third-order valence-electron chi connectivity index (χ3n) is 3.40. The fraction of sp³-hybridized carbons (Fsp3) is 0.500. The molecule has 0 spiro atoms. The van der Waals surface area contributed by atoms with Gasteiger partial charge in [0, 0.05) is 42.5 Å². The highest BCUT2D eigenvalue weighted by Crippen LogP contribution is 2.28. The molecule has 1 heterocycles. The van der Waals surface area contributed by atoms with Gasteiger partial charge in [-0.25, -0.2) is 4.79 Å². The Morgan fingerprint density at radius 1 is 1.35 bits per heavy atom. The molecule has 1 fully saturated rings. The van der Waals surface area contributed by atoms with Crippen LogP contribution in [-0.4, -0.2) is 48.9 Å². The molecule has 0 saturated carbocycles. The molecule has 0 atom stereocenters. The summed E-state index contributed by atoms with van der Waals surface area (Å²) >= 11 is 6.10. The topological polar surface area (TPSA) is 53.0 Å². The predicted molar refractivity (Wildman–Crippen MR) is 78.2 cm³/mol. The van der Waals surface area contributed by atoms with Gasteiger partial charge in [0.05, 0.1) is 13.2 Å². The number of aliphatic hydroxyl groups is 1. The summed E-state index contributed by atoms with van der Waals surface area (Å²) in [6.07, 6.45) is -0.263. The molecule has 0 aliphatic carbocycles. The Morgan fingerprint density at radius 3 is 2.65 bits per heavy atom. The molecule has 1 aliphatic heterocycles. The van der Waals surface area contributed by atoms with Gasteiger partial charge in [-0.1, -0.05) is 17.7 Å². The van der Waals surface area contributed by atoms with Gasteiger partial charge in [0.25, 0.3) is 0 Å². The number of amides is 1. The van der Waals surface area contributed by atoms with E-state index in [9.17, 15) is 9.90 Å². The van der Waals surface area contributed by atoms with Gasteiger partial charge < -0.3 is 19.6 Å². The molecule has 20 heavy (non-hydrogen) atoms. The number of carbonyl (C=O) groups is 1. The lowest BCUT2D eigenvalue weighted by molar-refractivity contribution is 0.105. The molecule has 2 rings (SSSR count). The minimum atomic E-state index is -0.263. The van der Waals surface area contributed by atoms with E-state index in [0.717, 1.165) is 11.3 Å². The average molecular weight is 299 g/mol. The molecule has 0 unspecified atom stereocenters. The number of anilines is 1. The highest BCUT2D eigenvalue weighted by molar-refractivity contribution is 6.31. The summed E-state index contributed by atoms with van der Waals surface area (Å²) in [6, 6.07) is 5.58. The van der Waals surface area contributed by atoms with E-state index in [4.69, 9.17) is 16.3 Å². The van der Waals surface area contributed by atoms with Crippen LogP contribution in [0.15, 0.2) is 18.2 Å². The number of nitrogens with zero attached hydrogens (tertiary/aromatic N) is 2. The van der Waals surface area contributed by atoms with Crippen LogP contribution in [0.5, 0.6) is 0 Å². The molecule has 110 valence electrons. The van der Waals surface area contributed by atoms with Crippen LogP contribution in [0.2, 0.25) is 5.02 Å². The molecule has 1 aliphatic rings. The third-order valence-corrected chi connectivity index (χ3v) is 3.75. The molecule has 1 N–H and O–H groups in total. The Kier molecular flexibility index (Phi) is 5.09. The average Bonchev–Trinajstić information content (AvgIpc) is 2.47. The zero-order chi connectivity index (χ0) is 14.5. The highest BCUT2D eigenvalue weighted by atomic mass is 35.5. The molecule has 5 nitrogen and oxygen atoms in total. The van der Waals surface area contributed by atoms with Crippen LogP contribution in [-0.2, 0) is 11.3 Å². The maximum atomic E-state index is 11.6. The van der Waals surface area contributed by atoms with Gasteiger partial charge in [-0.15, -0.1) is 0 Å². The van der Waals surface area contributed by atoms with E-state index in [1.54, 1.807) is 17.9 Å². The van der Waals surface area contributed by atoms with E-state index in [-0.39, 0.29) is 12.7 Å². The summed E-state index contributed by atoms with van der Waals surface area (Å²) in [5.74, 6) is 0. The number of hydrogen-bond donors (Lipinski definition) is 1. The fourth-order valence-electron chi connectivity index (χ4n) is 2.34. The molecule has 0 bridgehead atoms. The summed E-state index contributed by atoms with van der Waals surface area (Å²) in [7, 11) is 0. The molecule has 0 radical (unpaired) electrons. The zero-order valence-electron chi connectivity index (χ0n) is 11.5. The summed E-state index contributed by atoms with van der Waals surface area (Å²) < 4.78 is 4.99. The van der Waals surface area contributed by atoms with Crippen LogP contribution >= 0.6 is 11.6 Å². The first-order chi connectivity index (χ1) is 9.67. The third kappa shape index (κ3) is 3.16. The van der Waals surface area contributed by atoms with E-state index in [2.05, 4.69) is 4.90 Å². The molecule has 1 amide bonds. The second-order valence-corrected chi connectivity index (χ2v) is 4.98. The monoisotopic (exact) mass is 298 g/mol. The Labute approximate surface area is 123 Å². The molecule has 1 aromatic rings. The van der Waals surface area contributed by atoms with Crippen molar-refractivity contribution in [2.75, 3.05) is 37.7 Å². The number of benzene rings is 1. The Bertz CT molecular complexity index is 473. The van der Waals surface area contributed by atoms with E-state index >= 15 is 0 Å². The number of piperazine rings is 1. The molecule has 0 aromatic heterocycles. The van der Waals surface area contributed by atoms with Crippen molar-refractivity contribution >= 4 is 23.4 Å². The molecule has 1 saturated heterocycles. The fourth-order valence-corrected chi connectivity index (χ4v) is 2.57. The van der Waals surface area contributed by atoms with Gasteiger partial charge in [0.15, 0.2) is 0 Å². The molecule has 6 heteroatoms. The Morgan fingerprint density at radius 2 is 2.05 bits per heavy atom. The van der Waals surface area contributed by atoms with E-state index in [1.165, 1.54) is 0 Å². The van der Waals surface area contributed by atoms with Crippen LogP contribution in [0.25, 0.3) is 0 Å². The van der Waals surface area contributed by atoms with Crippen LogP contribution in [0.3, 0.4) is 0 Å². The first-order valence-electron chi connectivity index (χ1n) is 6.72. The summed E-state index contributed by atoms with van der Waals surface area (Å²) in [4.78, 5) is 15.5. The minimum Gasteiger partial charge on any atom is -0.450 e. The number of aliphatic hydroxyl groups excluding tert-OH is 1. The van der Waals surface area contributed by atoms with Gasteiger partial charge in [-0.3, -0.25) is 0 Å². The van der Waals surface area contributed by atoms with Crippen LogP contribution in [0.1, 0.15) is 12.5 Å². The van der Waals surface area contributed by atoms with E-state index in [0.29, 0.717) is 37.8 Å². The van der Waals surface area contributed by atoms with Gasteiger partial charge in [0.2, 0.25) is 0 Å². The number of carbonyl (C=O) groups excluding carboxylic acids is 1. The number of rotatable bonds is 3. The van der Waals surface area contributed by atoms with E-state index in [1.807, 2.05) is 12.1 Å². The Balaban J connectivity index is 2.04. The van der Waals surface area contributed by atoms with Crippen molar-refractivity contribution in [3.63, 3.8) is 0 Å². The quantitative estimate of drug-likeness (QED) is 0.928. The lowest BCUT2D eigenvalue weighted by atomic mass is 10.1. The second-order valence-electron chi connectivity index (χ2n) is 4.57. The normalized spacial score (nSPS) is 15.3. The van der Waals surface area contributed by atoms with Crippen molar-refractivity contribution in [2.45, 2.75) is 13.5 Å². The van der Waals surface area contributed by atoms with Crippen molar-refractivity contribution in [3.8, 4) is 0 Å². The largest absolute Gasteiger partial charge is 0.450 e. The number of hydrogen-bond acceptors (Lipinski definition) is 4. The van der Waals surface area contributed by atoms with Gasteiger partial charge >= 0.3 is 6.09 Å². The lowest BCUT2D eigenvalue weighted by Crippen LogP contribution is -2.49. The van der Waals surface area contributed by atoms with Crippen molar-refractivity contribution in [3.05, 3.63) is 28.8 Å². The Hall–Kier alpha value is -1.46. The van der Waals surface area contributed by atoms with Gasteiger partial charge in [-0.2, -0.15) is 0 Å². The standard InChI is InChI=1S/C14H19ClN2O3/c1-2-20-14(19)17-8-6-16(7-9-17)13-5-3-4-12(15)11(13)10-18/h3-5,18H,2,6-10H2,1H3. The first kappa shape index (κ1) is 14.9. The molecular formula is C14H19ClN2O3. The SMILES string of the molecule is CCOC(=O)N1CCN(c2cccc(Cl)c2CO)CC1. The summed E-state index contributed by atoms with van der Waals surface area (Å²) in [5.41, 5.74) is 1.67. The first-order valence-corrected chi connectivity index (χ1v) is 7.10.